The summed E-state index contributed by atoms with van der Waals surface area (Å²) in [6.07, 6.45) is 0. The van der Waals surface area contributed by atoms with E-state index in [2.05, 4.69) is 0 Å². The van der Waals surface area contributed by atoms with Crippen LogP contribution in [0.3, 0.4) is 0 Å². The van der Waals surface area contributed by atoms with Crippen LogP contribution in [0.15, 0.2) is 24.3 Å². The molecule has 0 spiro atoms. The molecule has 3 N–H and O–H groups in total. The Kier molecular flexibility index (Phi) is 5.32. The first kappa shape index (κ1) is 15.8. The highest BCUT2D eigenvalue weighted by molar-refractivity contribution is 5.77. The third kappa shape index (κ3) is 4.76. The molecule has 110 valence electrons. The molecule has 9 heteroatoms. The molecule has 0 fully saturated rings. The average molecular weight is 289 g/mol. The van der Waals surface area contributed by atoms with Crippen molar-refractivity contribution >= 4 is 11.6 Å². The number of nitro groups is 1. The first-order valence-electron chi connectivity index (χ1n) is 5.56. The van der Waals surface area contributed by atoms with Crippen molar-refractivity contribution in [2.75, 3.05) is 19.7 Å². The third-order valence-electron chi connectivity index (χ3n) is 2.26. The normalized spacial score (nSPS) is 10.9. The number of carbonyl (C=O) groups is 1. The Labute approximate surface area is 112 Å². The SMILES string of the molecule is NCC(F)(F)CNC(=O)COc1ccccc1[N+](=O)[O-]. The predicted octanol–water partition coefficient (Wildman–Crippen LogP) is 0.684. The number of hydrogen-bond donors (Lipinski definition) is 2. The number of alkyl halides is 2. The second-order valence-corrected chi connectivity index (χ2v) is 3.85. The van der Waals surface area contributed by atoms with Crippen molar-refractivity contribution in [1.29, 1.82) is 0 Å². The molecule has 1 aromatic carbocycles. The number of halogens is 2. The average Bonchev–Trinajstić information content (AvgIpc) is 2.43. The van der Waals surface area contributed by atoms with Crippen molar-refractivity contribution in [2.24, 2.45) is 5.73 Å². The van der Waals surface area contributed by atoms with Gasteiger partial charge in [0.1, 0.15) is 0 Å². The van der Waals surface area contributed by atoms with Crippen molar-refractivity contribution in [3.05, 3.63) is 34.4 Å². The van der Waals surface area contributed by atoms with Crippen molar-refractivity contribution in [1.82, 2.24) is 5.32 Å². The molecule has 0 bridgehead atoms. The summed E-state index contributed by atoms with van der Waals surface area (Å²) >= 11 is 0. The van der Waals surface area contributed by atoms with Gasteiger partial charge in [-0.25, -0.2) is 8.78 Å². The van der Waals surface area contributed by atoms with Gasteiger partial charge in [-0.1, -0.05) is 12.1 Å². The van der Waals surface area contributed by atoms with E-state index in [1.807, 2.05) is 5.32 Å². The van der Waals surface area contributed by atoms with Gasteiger partial charge in [0.05, 0.1) is 18.0 Å². The predicted molar refractivity (Wildman–Crippen MR) is 65.6 cm³/mol. The van der Waals surface area contributed by atoms with E-state index >= 15 is 0 Å². The summed E-state index contributed by atoms with van der Waals surface area (Å²) < 4.78 is 30.5. The maximum atomic E-state index is 12.8. The number of amides is 1. The molecule has 1 rings (SSSR count). The zero-order valence-electron chi connectivity index (χ0n) is 10.3. The summed E-state index contributed by atoms with van der Waals surface area (Å²) in [6.45, 7) is -2.41. The quantitative estimate of drug-likeness (QED) is 0.567. The van der Waals surface area contributed by atoms with Crippen LogP contribution in [0.1, 0.15) is 0 Å². The van der Waals surface area contributed by atoms with Crippen LogP contribution < -0.4 is 15.8 Å². The number of rotatable bonds is 7. The van der Waals surface area contributed by atoms with Gasteiger partial charge in [0, 0.05) is 6.07 Å². The van der Waals surface area contributed by atoms with E-state index in [1.165, 1.54) is 24.3 Å². The fourth-order valence-corrected chi connectivity index (χ4v) is 1.22. The van der Waals surface area contributed by atoms with Crippen LogP contribution in [-0.4, -0.2) is 36.4 Å². The lowest BCUT2D eigenvalue weighted by atomic mass is 10.3. The van der Waals surface area contributed by atoms with Gasteiger partial charge in [0.2, 0.25) is 0 Å². The van der Waals surface area contributed by atoms with Crippen molar-refractivity contribution in [3.8, 4) is 5.75 Å². The van der Waals surface area contributed by atoms with Crippen molar-refractivity contribution < 1.29 is 23.2 Å². The van der Waals surface area contributed by atoms with Gasteiger partial charge in [-0.05, 0) is 6.07 Å². The Balaban J connectivity index is 2.52. The Bertz CT molecular complexity index is 496. The lowest BCUT2D eigenvalue weighted by Crippen LogP contribution is -2.43. The summed E-state index contributed by atoms with van der Waals surface area (Å²) in [5.74, 6) is -4.14. The minimum Gasteiger partial charge on any atom is -0.477 e. The van der Waals surface area contributed by atoms with Crippen LogP contribution >= 0.6 is 0 Å². The van der Waals surface area contributed by atoms with E-state index in [9.17, 15) is 23.7 Å². The minimum atomic E-state index is -3.20. The molecule has 0 heterocycles. The molecule has 0 unspecified atom stereocenters. The van der Waals surface area contributed by atoms with Gasteiger partial charge in [0.25, 0.3) is 11.8 Å². The zero-order chi connectivity index (χ0) is 15.2. The number of nitro benzene ring substituents is 1. The van der Waals surface area contributed by atoms with Crippen LogP contribution in [0.25, 0.3) is 0 Å². The van der Waals surface area contributed by atoms with E-state index < -0.39 is 36.4 Å². The Morgan fingerprint density at radius 1 is 1.45 bits per heavy atom. The highest BCUT2D eigenvalue weighted by Gasteiger charge is 2.27. The van der Waals surface area contributed by atoms with Crippen molar-refractivity contribution in [2.45, 2.75) is 5.92 Å². The molecule has 0 atom stereocenters. The van der Waals surface area contributed by atoms with Crippen molar-refractivity contribution in [3.63, 3.8) is 0 Å². The maximum absolute atomic E-state index is 12.8. The number of para-hydroxylation sites is 2. The zero-order valence-corrected chi connectivity index (χ0v) is 10.3. The van der Waals surface area contributed by atoms with Crippen LogP contribution in [0.4, 0.5) is 14.5 Å². The fourth-order valence-electron chi connectivity index (χ4n) is 1.22. The molecule has 1 aromatic rings. The molecule has 0 aliphatic rings. The Morgan fingerprint density at radius 3 is 2.70 bits per heavy atom. The molecule has 0 aromatic heterocycles. The first-order valence-corrected chi connectivity index (χ1v) is 5.56. The second kappa shape index (κ2) is 6.75. The summed E-state index contributed by atoms with van der Waals surface area (Å²) in [7, 11) is 0. The maximum Gasteiger partial charge on any atom is 0.310 e. The van der Waals surface area contributed by atoms with Crippen LogP contribution in [0.2, 0.25) is 0 Å². The summed E-state index contributed by atoms with van der Waals surface area (Å²) in [5.41, 5.74) is 4.49. The van der Waals surface area contributed by atoms with E-state index in [-0.39, 0.29) is 11.4 Å². The van der Waals surface area contributed by atoms with Gasteiger partial charge in [-0.3, -0.25) is 14.9 Å². The number of nitrogens with one attached hydrogen (secondary N) is 1. The number of benzene rings is 1. The van der Waals surface area contributed by atoms with Crippen LogP contribution in [0, 0.1) is 10.1 Å². The highest BCUT2D eigenvalue weighted by atomic mass is 19.3. The molecule has 1 amide bonds. The van der Waals surface area contributed by atoms with E-state index in [0.717, 1.165) is 0 Å². The monoisotopic (exact) mass is 289 g/mol. The molecule has 0 saturated heterocycles. The molecule has 7 nitrogen and oxygen atoms in total. The summed E-state index contributed by atoms with van der Waals surface area (Å²) in [5, 5.41) is 12.6. The lowest BCUT2D eigenvalue weighted by molar-refractivity contribution is -0.385. The number of nitrogens with two attached hydrogens (primary N) is 1. The fraction of sp³-hybridized carbons (Fsp3) is 0.364. The van der Waals surface area contributed by atoms with Crippen LogP contribution in [-0.2, 0) is 4.79 Å². The smallest absolute Gasteiger partial charge is 0.310 e. The van der Waals surface area contributed by atoms with Gasteiger partial charge in [-0.15, -0.1) is 0 Å². The van der Waals surface area contributed by atoms with Crippen LogP contribution in [0.5, 0.6) is 5.75 Å². The molecular formula is C11H13F2N3O4. The number of nitrogens with zero attached hydrogens (tertiary/aromatic N) is 1. The number of hydrogen-bond acceptors (Lipinski definition) is 5. The minimum absolute atomic E-state index is 0.113. The second-order valence-electron chi connectivity index (χ2n) is 3.85. The molecule has 0 aliphatic heterocycles. The summed E-state index contributed by atoms with van der Waals surface area (Å²) in [4.78, 5) is 21.3. The van der Waals surface area contributed by atoms with E-state index in [1.54, 1.807) is 0 Å². The molecule has 0 aliphatic carbocycles. The number of ether oxygens (including phenoxy) is 1. The standard InChI is InChI=1S/C11H13F2N3O4/c12-11(13,6-14)7-15-10(17)5-20-9-4-2-1-3-8(9)16(18)19/h1-4H,5-7,14H2,(H,15,17). The molecule has 20 heavy (non-hydrogen) atoms. The third-order valence-corrected chi connectivity index (χ3v) is 2.26. The van der Waals surface area contributed by atoms with Gasteiger partial charge >= 0.3 is 5.69 Å². The summed E-state index contributed by atoms with van der Waals surface area (Å²) in [6, 6.07) is 5.44. The van der Waals surface area contributed by atoms with E-state index in [4.69, 9.17) is 10.5 Å². The molecule has 0 radical (unpaired) electrons. The lowest BCUT2D eigenvalue weighted by Gasteiger charge is -2.14. The first-order chi connectivity index (χ1) is 9.35. The highest BCUT2D eigenvalue weighted by Crippen LogP contribution is 2.25. The van der Waals surface area contributed by atoms with Gasteiger partial charge < -0.3 is 15.8 Å². The topological polar surface area (TPSA) is 107 Å². The number of carbonyl (C=O) groups excluding carboxylic acids is 1. The van der Waals surface area contributed by atoms with Gasteiger partial charge in [-0.2, -0.15) is 0 Å². The molecular weight excluding hydrogens is 276 g/mol. The largest absolute Gasteiger partial charge is 0.477 e. The Morgan fingerprint density at radius 2 is 2.10 bits per heavy atom. The van der Waals surface area contributed by atoms with E-state index in [0.29, 0.717) is 0 Å². The Hall–Kier alpha value is -2.29. The van der Waals surface area contributed by atoms with Gasteiger partial charge in [0.15, 0.2) is 12.4 Å². The molecule has 0 saturated carbocycles.